The van der Waals surface area contributed by atoms with Crippen LogP contribution in [-0.2, 0) is 9.53 Å². The third-order valence-corrected chi connectivity index (χ3v) is 3.39. The van der Waals surface area contributed by atoms with Crippen molar-refractivity contribution in [2.45, 2.75) is 6.92 Å². The van der Waals surface area contributed by atoms with Crippen molar-refractivity contribution in [2.24, 2.45) is 0 Å². The molecule has 2 rings (SSSR count). The van der Waals surface area contributed by atoms with Crippen LogP contribution in [0.1, 0.15) is 21.1 Å². The van der Waals surface area contributed by atoms with Gasteiger partial charge in [-0.05, 0) is 25.1 Å². The molecule has 0 atom stereocenters. The van der Waals surface area contributed by atoms with Gasteiger partial charge < -0.3 is 9.15 Å². The third-order valence-electron chi connectivity index (χ3n) is 2.34. The summed E-state index contributed by atoms with van der Waals surface area (Å²) in [6, 6.07) is 3.46. The molecule has 2 heterocycles. The first-order valence-electron chi connectivity index (χ1n) is 5.68. The summed E-state index contributed by atoms with van der Waals surface area (Å²) in [5.74, 6) is -0.246. The summed E-state index contributed by atoms with van der Waals surface area (Å²) < 4.78 is 9.69. The van der Waals surface area contributed by atoms with Crippen LogP contribution >= 0.6 is 11.3 Å². The smallest absolute Gasteiger partial charge is 0.350 e. The molecule has 0 saturated heterocycles. The summed E-state index contributed by atoms with van der Waals surface area (Å²) in [5.41, 5.74) is 0.521. The summed E-state index contributed by atoms with van der Waals surface area (Å²) >= 11 is 1.07. The number of thiazole rings is 1. The van der Waals surface area contributed by atoms with Crippen molar-refractivity contribution < 1.29 is 18.7 Å². The number of carbonyl (C=O) groups excluding carboxylic acids is 2. The van der Waals surface area contributed by atoms with E-state index in [9.17, 15) is 9.59 Å². The molecule has 0 fully saturated rings. The van der Waals surface area contributed by atoms with Crippen LogP contribution < -0.4 is 5.32 Å². The topological polar surface area (TPSA) is 81.4 Å². The van der Waals surface area contributed by atoms with Gasteiger partial charge >= 0.3 is 5.97 Å². The number of aryl methyl sites for hydroxylation is 1. The number of hydrogen-bond acceptors (Lipinski definition) is 6. The van der Waals surface area contributed by atoms with Crippen molar-refractivity contribution in [3.05, 3.63) is 40.8 Å². The van der Waals surface area contributed by atoms with Crippen LogP contribution in [0.4, 0.5) is 5.13 Å². The van der Waals surface area contributed by atoms with E-state index in [1.54, 1.807) is 19.1 Å². The van der Waals surface area contributed by atoms with Crippen molar-refractivity contribution in [1.29, 1.82) is 0 Å². The fourth-order valence-corrected chi connectivity index (χ4v) is 2.31. The summed E-state index contributed by atoms with van der Waals surface area (Å²) in [6.07, 6.45) is 4.38. The summed E-state index contributed by atoms with van der Waals surface area (Å²) in [4.78, 5) is 27.6. The predicted molar refractivity (Wildman–Crippen MR) is 74.6 cm³/mol. The highest BCUT2D eigenvalue weighted by atomic mass is 32.1. The number of nitrogens with zero attached hydrogens (tertiary/aromatic N) is 1. The van der Waals surface area contributed by atoms with E-state index in [1.807, 2.05) is 0 Å². The normalized spacial score (nSPS) is 10.7. The van der Waals surface area contributed by atoms with E-state index in [-0.39, 0.29) is 5.91 Å². The number of amides is 1. The van der Waals surface area contributed by atoms with Crippen molar-refractivity contribution in [1.82, 2.24) is 4.98 Å². The highest BCUT2D eigenvalue weighted by Crippen LogP contribution is 2.23. The number of nitrogens with one attached hydrogen (secondary N) is 1. The molecule has 1 amide bonds. The maximum Gasteiger partial charge on any atom is 0.350 e. The van der Waals surface area contributed by atoms with Crippen molar-refractivity contribution in [3.8, 4) is 0 Å². The van der Waals surface area contributed by atoms with Crippen LogP contribution in [0.15, 0.2) is 28.9 Å². The molecule has 0 aliphatic rings. The first-order chi connectivity index (χ1) is 9.60. The molecule has 0 aliphatic carbocycles. The number of rotatable bonds is 4. The number of methoxy groups -OCH3 is 1. The first-order valence-corrected chi connectivity index (χ1v) is 6.50. The lowest BCUT2D eigenvalue weighted by atomic mass is 10.4. The number of furan rings is 1. The van der Waals surface area contributed by atoms with Gasteiger partial charge in [0.25, 0.3) is 0 Å². The molecule has 20 heavy (non-hydrogen) atoms. The highest BCUT2D eigenvalue weighted by Gasteiger charge is 2.16. The van der Waals surface area contributed by atoms with Gasteiger partial charge in [0.05, 0.1) is 19.1 Å². The number of hydrogen-bond donors (Lipinski definition) is 1. The second-order valence-electron chi connectivity index (χ2n) is 3.76. The van der Waals surface area contributed by atoms with E-state index < -0.39 is 5.97 Å². The van der Waals surface area contributed by atoms with Gasteiger partial charge in [0.1, 0.15) is 10.6 Å². The van der Waals surface area contributed by atoms with Crippen LogP contribution in [0.25, 0.3) is 6.08 Å². The summed E-state index contributed by atoms with van der Waals surface area (Å²) in [6.45, 7) is 1.68. The molecule has 7 heteroatoms. The second-order valence-corrected chi connectivity index (χ2v) is 4.76. The van der Waals surface area contributed by atoms with E-state index in [2.05, 4.69) is 15.0 Å². The Balaban J connectivity index is 2.03. The monoisotopic (exact) mass is 292 g/mol. The standard InChI is InChI=1S/C13H12N2O4S/c1-8-11(12(17)18-2)20-13(14-8)15-10(16)6-5-9-4-3-7-19-9/h3-7H,1-2H3,(H,14,15,16). The Morgan fingerprint density at radius 2 is 2.30 bits per heavy atom. The Kier molecular flexibility index (Phi) is 4.31. The van der Waals surface area contributed by atoms with Crippen molar-refractivity contribution in [3.63, 3.8) is 0 Å². The molecule has 2 aromatic heterocycles. The zero-order chi connectivity index (χ0) is 14.5. The van der Waals surface area contributed by atoms with Crippen LogP contribution in [-0.4, -0.2) is 24.0 Å². The maximum atomic E-state index is 11.7. The minimum absolute atomic E-state index is 0.344. The fourth-order valence-electron chi connectivity index (χ4n) is 1.42. The summed E-state index contributed by atoms with van der Waals surface area (Å²) in [7, 11) is 1.30. The van der Waals surface area contributed by atoms with Gasteiger partial charge in [0.2, 0.25) is 5.91 Å². The van der Waals surface area contributed by atoms with E-state index in [0.717, 1.165) is 11.3 Å². The molecular formula is C13H12N2O4S. The Bertz CT molecular complexity index is 643. The SMILES string of the molecule is COC(=O)c1sc(NC(=O)C=Cc2ccco2)nc1C. The molecule has 104 valence electrons. The zero-order valence-electron chi connectivity index (χ0n) is 10.9. The minimum Gasteiger partial charge on any atom is -0.465 e. The number of esters is 1. The molecular weight excluding hydrogens is 280 g/mol. The molecule has 1 N–H and O–H groups in total. The molecule has 0 bridgehead atoms. The quantitative estimate of drug-likeness (QED) is 0.691. The number of carbonyl (C=O) groups is 2. The number of anilines is 1. The van der Waals surface area contributed by atoms with Crippen LogP contribution in [0.5, 0.6) is 0 Å². The molecule has 0 unspecified atom stereocenters. The van der Waals surface area contributed by atoms with Crippen molar-refractivity contribution in [2.75, 3.05) is 12.4 Å². The molecule has 0 aromatic carbocycles. The molecule has 0 aliphatic heterocycles. The number of aromatic nitrogens is 1. The average molecular weight is 292 g/mol. The van der Waals surface area contributed by atoms with Crippen LogP contribution in [0.3, 0.4) is 0 Å². The van der Waals surface area contributed by atoms with Gasteiger partial charge in [-0.2, -0.15) is 0 Å². The maximum absolute atomic E-state index is 11.7. The zero-order valence-corrected chi connectivity index (χ0v) is 11.7. The van der Waals surface area contributed by atoms with Gasteiger partial charge in [0.15, 0.2) is 5.13 Å². The lowest BCUT2D eigenvalue weighted by Gasteiger charge is -1.95. The average Bonchev–Trinajstić information content (AvgIpc) is 3.05. The van der Waals surface area contributed by atoms with E-state index >= 15 is 0 Å². The van der Waals surface area contributed by atoms with E-state index in [1.165, 1.54) is 25.5 Å². The molecule has 0 radical (unpaired) electrons. The molecule has 6 nitrogen and oxygen atoms in total. The van der Waals surface area contributed by atoms with Gasteiger partial charge in [-0.25, -0.2) is 9.78 Å². The Morgan fingerprint density at radius 3 is 2.95 bits per heavy atom. The molecule has 2 aromatic rings. The van der Waals surface area contributed by atoms with Crippen molar-refractivity contribution >= 4 is 34.4 Å². The van der Waals surface area contributed by atoms with Crippen LogP contribution in [0, 0.1) is 6.92 Å². The Morgan fingerprint density at radius 1 is 1.50 bits per heavy atom. The highest BCUT2D eigenvalue weighted by molar-refractivity contribution is 7.17. The first kappa shape index (κ1) is 14.0. The lowest BCUT2D eigenvalue weighted by molar-refractivity contribution is -0.111. The minimum atomic E-state index is -0.466. The van der Waals surface area contributed by atoms with Gasteiger partial charge in [0, 0.05) is 6.08 Å². The molecule has 0 spiro atoms. The van der Waals surface area contributed by atoms with E-state index in [4.69, 9.17) is 4.42 Å². The van der Waals surface area contributed by atoms with Crippen LogP contribution in [0.2, 0.25) is 0 Å². The Labute approximate surface area is 119 Å². The number of ether oxygens (including phenoxy) is 1. The van der Waals surface area contributed by atoms with Gasteiger partial charge in [-0.1, -0.05) is 11.3 Å². The third kappa shape index (κ3) is 3.33. The lowest BCUT2D eigenvalue weighted by Crippen LogP contribution is -2.07. The Hall–Kier alpha value is -2.41. The van der Waals surface area contributed by atoms with Gasteiger partial charge in [-0.15, -0.1) is 0 Å². The largest absolute Gasteiger partial charge is 0.465 e. The fraction of sp³-hybridized carbons (Fsp3) is 0.154. The predicted octanol–water partition coefficient (Wildman–Crippen LogP) is 2.48. The second kappa shape index (κ2) is 6.16. The molecule has 0 saturated carbocycles. The van der Waals surface area contributed by atoms with Gasteiger partial charge in [-0.3, -0.25) is 10.1 Å². The van der Waals surface area contributed by atoms with E-state index in [0.29, 0.717) is 21.5 Å². The summed E-state index contributed by atoms with van der Waals surface area (Å²) in [5, 5.41) is 2.92.